The second kappa shape index (κ2) is 7.70. The van der Waals surface area contributed by atoms with Crippen LogP contribution in [0.25, 0.3) is 0 Å². The van der Waals surface area contributed by atoms with Crippen LogP contribution in [0.15, 0.2) is 43.4 Å². The molecule has 0 fully saturated rings. The van der Waals surface area contributed by atoms with Crippen molar-refractivity contribution in [3.8, 4) is 5.75 Å². The summed E-state index contributed by atoms with van der Waals surface area (Å²) in [5.41, 5.74) is -0.557. The van der Waals surface area contributed by atoms with Gasteiger partial charge in [-0.15, -0.1) is 0 Å². The molecule has 0 radical (unpaired) electrons. The Morgan fingerprint density at radius 2 is 1.87 bits per heavy atom. The Morgan fingerprint density at radius 3 is 2.58 bits per heavy atom. The Bertz CT molecular complexity index is 1340. The first-order valence-corrected chi connectivity index (χ1v) is 11.3. The molecule has 0 saturated heterocycles. The lowest BCUT2D eigenvalue weighted by Gasteiger charge is -2.25. The lowest BCUT2D eigenvalue weighted by molar-refractivity contribution is 0.455. The zero-order chi connectivity index (χ0) is 22.5. The van der Waals surface area contributed by atoms with Crippen LogP contribution in [0.2, 0.25) is 5.02 Å². The Morgan fingerprint density at radius 1 is 1.16 bits per heavy atom. The van der Waals surface area contributed by atoms with Gasteiger partial charge in [-0.25, -0.2) is 12.7 Å². The second-order valence-corrected chi connectivity index (χ2v) is 9.98. The number of benzene rings is 1. The molecule has 9 nitrogen and oxygen atoms in total. The van der Waals surface area contributed by atoms with Gasteiger partial charge in [-0.1, -0.05) is 11.6 Å². The highest BCUT2D eigenvalue weighted by atomic mass is 35.5. The zero-order valence-electron chi connectivity index (χ0n) is 16.7. The van der Waals surface area contributed by atoms with Crippen LogP contribution in [-0.2, 0) is 16.4 Å². The molecular weight excluding hydrogens is 446 g/mol. The topological polar surface area (TPSA) is 129 Å². The predicted molar refractivity (Wildman–Crippen MR) is 117 cm³/mol. The molecule has 0 amide bonds. The summed E-state index contributed by atoms with van der Waals surface area (Å²) in [5, 5.41) is 16.2. The van der Waals surface area contributed by atoms with E-state index in [0.29, 0.717) is 0 Å². The minimum Gasteiger partial charge on any atom is -0.504 e. The van der Waals surface area contributed by atoms with Crippen molar-refractivity contribution >= 4 is 38.7 Å². The van der Waals surface area contributed by atoms with Crippen molar-refractivity contribution in [2.75, 3.05) is 24.7 Å². The van der Waals surface area contributed by atoms with Gasteiger partial charge < -0.3 is 20.2 Å². The third-order valence-electron chi connectivity index (χ3n) is 5.36. The molecule has 1 aliphatic carbocycles. The van der Waals surface area contributed by atoms with Crippen LogP contribution >= 0.6 is 11.6 Å². The van der Waals surface area contributed by atoms with E-state index in [4.69, 9.17) is 16.0 Å². The fraction of sp³-hybridized carbons (Fsp3) is 0.300. The van der Waals surface area contributed by atoms with Gasteiger partial charge >= 0.3 is 0 Å². The Hall–Kier alpha value is -2.82. The van der Waals surface area contributed by atoms with Gasteiger partial charge in [0.15, 0.2) is 5.75 Å². The number of fused-ring (bicyclic) bond motifs is 1. The lowest BCUT2D eigenvalue weighted by atomic mass is 9.93. The number of aromatic hydroxyl groups is 1. The first-order valence-electron chi connectivity index (χ1n) is 9.50. The maximum absolute atomic E-state index is 12.5. The van der Waals surface area contributed by atoms with E-state index in [9.17, 15) is 23.1 Å². The van der Waals surface area contributed by atoms with E-state index in [1.54, 1.807) is 6.26 Å². The number of furan rings is 1. The summed E-state index contributed by atoms with van der Waals surface area (Å²) < 4.78 is 31.4. The van der Waals surface area contributed by atoms with E-state index < -0.39 is 31.5 Å². The predicted octanol–water partition coefficient (Wildman–Crippen LogP) is 2.72. The van der Waals surface area contributed by atoms with E-state index in [2.05, 4.69) is 10.6 Å². The molecule has 1 heterocycles. The molecule has 2 aromatic carbocycles. The number of hydrogen-bond acceptors (Lipinski definition) is 8. The van der Waals surface area contributed by atoms with Gasteiger partial charge in [0.1, 0.15) is 22.0 Å². The molecule has 31 heavy (non-hydrogen) atoms. The van der Waals surface area contributed by atoms with Crippen molar-refractivity contribution in [3.05, 3.63) is 61.3 Å². The number of phenolic OH excluding ortho intramolecular Hbond substituents is 1. The van der Waals surface area contributed by atoms with Crippen LogP contribution < -0.4 is 21.5 Å². The van der Waals surface area contributed by atoms with Gasteiger partial charge in [-0.2, -0.15) is 0 Å². The molecule has 3 N–H and O–H groups in total. The highest BCUT2D eigenvalue weighted by Gasteiger charge is 2.30. The van der Waals surface area contributed by atoms with E-state index in [-0.39, 0.29) is 28.1 Å². The molecule has 3 aromatic rings. The summed E-state index contributed by atoms with van der Waals surface area (Å²) in [6, 6.07) is 4.25. The molecule has 164 valence electrons. The van der Waals surface area contributed by atoms with Crippen molar-refractivity contribution in [2.45, 2.75) is 30.2 Å². The summed E-state index contributed by atoms with van der Waals surface area (Å²) in [7, 11) is -1.45. The maximum atomic E-state index is 12.5. The number of halogens is 1. The molecule has 0 aliphatic heterocycles. The summed E-state index contributed by atoms with van der Waals surface area (Å²) in [6.07, 6.45) is 4.01. The van der Waals surface area contributed by atoms with Crippen LogP contribution in [0.5, 0.6) is 5.75 Å². The Kier molecular flexibility index (Phi) is 5.32. The number of phenols is 1. The molecule has 1 atom stereocenters. The van der Waals surface area contributed by atoms with Gasteiger partial charge in [-0.3, -0.25) is 9.59 Å². The summed E-state index contributed by atoms with van der Waals surface area (Å²) >= 11 is 6.01. The molecule has 11 heteroatoms. The summed E-state index contributed by atoms with van der Waals surface area (Å²) in [6.45, 7) is 0. The largest absolute Gasteiger partial charge is 0.504 e. The normalized spacial score (nSPS) is 16.5. The number of sulfonamides is 1. The number of aryl methyl sites for hydroxylation is 1. The van der Waals surface area contributed by atoms with E-state index in [1.165, 1.54) is 26.2 Å². The first kappa shape index (κ1) is 21.4. The quantitative estimate of drug-likeness (QED) is 0.374. The average molecular weight is 466 g/mol. The smallest absolute Gasteiger partial charge is 0.253 e. The van der Waals surface area contributed by atoms with Crippen LogP contribution in [0.4, 0.5) is 17.1 Å². The van der Waals surface area contributed by atoms with E-state index >= 15 is 0 Å². The molecule has 1 aromatic heterocycles. The number of nitrogens with one attached hydrogen (secondary N) is 2. The lowest BCUT2D eigenvalue weighted by Crippen LogP contribution is -2.37. The number of anilines is 3. The van der Waals surface area contributed by atoms with Gasteiger partial charge in [0.2, 0.25) is 10.0 Å². The highest BCUT2D eigenvalue weighted by molar-refractivity contribution is 7.89. The third kappa shape index (κ3) is 3.50. The molecule has 0 spiro atoms. The molecule has 4 rings (SSSR count). The zero-order valence-corrected chi connectivity index (χ0v) is 18.3. The standard InChI is InChI=1S/C20H20ClN3O6S/c1-24(2)31(28,29)20-11(21)6-7-13(17(20)25)23-16-15(18(26)19(16)27)22-12-4-3-5-14-10(12)8-9-30-14/h6-9,12,22-23,25H,3-5H2,1-2H3. The highest BCUT2D eigenvalue weighted by Crippen LogP contribution is 2.40. The van der Waals surface area contributed by atoms with Crippen LogP contribution in [0.3, 0.4) is 0 Å². The van der Waals surface area contributed by atoms with E-state index in [1.807, 2.05) is 6.07 Å². The van der Waals surface area contributed by atoms with Crippen molar-refractivity contribution in [3.63, 3.8) is 0 Å². The van der Waals surface area contributed by atoms with Gasteiger partial charge in [0.25, 0.3) is 10.9 Å². The van der Waals surface area contributed by atoms with Gasteiger partial charge in [0.05, 0.1) is 23.0 Å². The van der Waals surface area contributed by atoms with Crippen molar-refractivity contribution < 1.29 is 17.9 Å². The fourth-order valence-electron chi connectivity index (χ4n) is 3.67. The molecular formula is C20H20ClN3O6S. The second-order valence-electron chi connectivity index (χ2n) is 7.48. The number of rotatable bonds is 6. The van der Waals surface area contributed by atoms with Crippen molar-refractivity contribution in [2.24, 2.45) is 0 Å². The van der Waals surface area contributed by atoms with Gasteiger partial charge in [-0.05, 0) is 31.0 Å². The number of nitrogens with zero attached hydrogens (tertiary/aromatic N) is 1. The monoisotopic (exact) mass is 465 g/mol. The van der Waals surface area contributed by atoms with Crippen LogP contribution in [0, 0.1) is 0 Å². The third-order valence-corrected chi connectivity index (χ3v) is 7.68. The SMILES string of the molecule is CN(C)S(=O)(=O)c1c(Cl)ccc(Nc2c(NC3CCCc4occc43)c(=O)c2=O)c1O. The van der Waals surface area contributed by atoms with Crippen LogP contribution in [-0.4, -0.2) is 31.9 Å². The van der Waals surface area contributed by atoms with Gasteiger partial charge in [0, 0.05) is 26.1 Å². The molecule has 0 saturated carbocycles. The molecule has 1 unspecified atom stereocenters. The molecule has 0 bridgehead atoms. The Balaban J connectivity index is 1.68. The molecule has 1 aliphatic rings. The maximum Gasteiger partial charge on any atom is 0.253 e. The minimum atomic E-state index is -4.06. The van der Waals surface area contributed by atoms with Crippen molar-refractivity contribution in [1.82, 2.24) is 4.31 Å². The summed E-state index contributed by atoms with van der Waals surface area (Å²) in [5.74, 6) is 0.195. The summed E-state index contributed by atoms with van der Waals surface area (Å²) in [4.78, 5) is 23.9. The fourth-order valence-corrected chi connectivity index (χ4v) is 5.15. The average Bonchev–Trinajstić information content (AvgIpc) is 3.21. The van der Waals surface area contributed by atoms with Crippen molar-refractivity contribution in [1.29, 1.82) is 0 Å². The first-order chi connectivity index (χ1) is 14.6. The number of hydrogen-bond donors (Lipinski definition) is 3. The Labute approximate surface area is 183 Å². The van der Waals surface area contributed by atoms with E-state index in [0.717, 1.165) is 34.9 Å². The minimum absolute atomic E-state index is 0.0496. The van der Waals surface area contributed by atoms with Crippen LogP contribution in [0.1, 0.15) is 30.2 Å².